The maximum absolute atomic E-state index is 10.7. The van der Waals surface area contributed by atoms with Gasteiger partial charge in [0.15, 0.2) is 0 Å². The van der Waals surface area contributed by atoms with E-state index >= 15 is 0 Å². The van der Waals surface area contributed by atoms with Gasteiger partial charge in [-0.15, -0.1) is 0 Å². The molecule has 1 aromatic heterocycles. The first kappa shape index (κ1) is 12.9. The van der Waals surface area contributed by atoms with Gasteiger partial charge in [0.2, 0.25) is 0 Å². The Bertz CT molecular complexity index is 777. The topological polar surface area (TPSA) is 52.4 Å². The summed E-state index contributed by atoms with van der Waals surface area (Å²) in [6, 6.07) is 14.9. The molecule has 0 aliphatic heterocycles. The van der Waals surface area contributed by atoms with Gasteiger partial charge >= 0.3 is 121 Å². The average molecular weight is 332 g/mol. The second kappa shape index (κ2) is 5.12. The van der Waals surface area contributed by atoms with Gasteiger partial charge in [-0.3, -0.25) is 0 Å². The van der Waals surface area contributed by atoms with Gasteiger partial charge in [-0.1, -0.05) is 0 Å². The third-order valence-electron chi connectivity index (χ3n) is 3.09. The number of rotatable bonds is 3. The summed E-state index contributed by atoms with van der Waals surface area (Å²) in [6.45, 7) is 0. The van der Waals surface area contributed by atoms with E-state index in [0.29, 0.717) is 0 Å². The number of nitrogens with zero attached hydrogens (tertiary/aromatic N) is 1. The summed E-state index contributed by atoms with van der Waals surface area (Å²) >= 11 is 0.234. The monoisotopic (exact) mass is 333 g/mol. The summed E-state index contributed by atoms with van der Waals surface area (Å²) in [5, 5.41) is 11.8. The number of methoxy groups -OCH3 is 1. The average Bonchev–Trinajstić information content (AvgIpc) is 2.90. The second-order valence-corrected chi connectivity index (χ2v) is 6.59. The van der Waals surface area contributed by atoms with E-state index in [0.717, 1.165) is 11.3 Å². The van der Waals surface area contributed by atoms with Gasteiger partial charge < -0.3 is 0 Å². The molecule has 4 nitrogen and oxygen atoms in total. The minimum absolute atomic E-state index is 0.124. The molecule has 1 heterocycles. The third kappa shape index (κ3) is 2.33. The van der Waals surface area contributed by atoms with E-state index in [-0.39, 0.29) is 25.1 Å². The van der Waals surface area contributed by atoms with Crippen LogP contribution in [-0.4, -0.2) is 26.5 Å². The van der Waals surface area contributed by atoms with Crippen molar-refractivity contribution < 1.29 is 9.66 Å². The van der Waals surface area contributed by atoms with E-state index in [4.69, 9.17) is 4.74 Å². The quantitative estimate of drug-likeness (QED) is 0.419. The molecule has 0 spiro atoms. The Balaban J connectivity index is 2.03. The second-order valence-electron chi connectivity index (χ2n) is 4.32. The van der Waals surface area contributed by atoms with Crippen LogP contribution in [0.3, 0.4) is 0 Å². The van der Waals surface area contributed by atoms with E-state index in [1.165, 1.54) is 14.1 Å². The van der Waals surface area contributed by atoms with Crippen LogP contribution in [0.5, 0.6) is 5.75 Å². The Morgan fingerprint density at radius 2 is 1.85 bits per heavy atom. The van der Waals surface area contributed by atoms with Crippen molar-refractivity contribution in [3.63, 3.8) is 0 Å². The summed E-state index contributed by atoms with van der Waals surface area (Å²) < 4.78 is 7.77. The first-order chi connectivity index (χ1) is 9.67. The van der Waals surface area contributed by atoms with Gasteiger partial charge in [-0.2, -0.15) is 0 Å². The molecule has 2 aromatic carbocycles. The van der Waals surface area contributed by atoms with Gasteiger partial charge in [0.1, 0.15) is 0 Å². The number of non-ortho nitro benzene ring substituents is 1. The summed E-state index contributed by atoms with van der Waals surface area (Å²) in [5.74, 6) is 0.848. The molecule has 0 atom stereocenters. The zero-order valence-electron chi connectivity index (χ0n) is 10.7. The molecule has 0 fully saturated rings. The van der Waals surface area contributed by atoms with Crippen LogP contribution in [0.15, 0.2) is 48.5 Å². The zero-order chi connectivity index (χ0) is 14.1. The molecule has 0 unspecified atom stereocenters. The van der Waals surface area contributed by atoms with Crippen molar-refractivity contribution in [1.82, 2.24) is 0 Å². The number of nitro benzene ring substituents is 1. The number of hydrogen-bond donors (Lipinski definition) is 0. The van der Waals surface area contributed by atoms with E-state index in [9.17, 15) is 10.1 Å². The van der Waals surface area contributed by atoms with Crippen LogP contribution in [0.25, 0.3) is 19.6 Å². The van der Waals surface area contributed by atoms with Crippen LogP contribution in [-0.2, 0) is 0 Å². The van der Waals surface area contributed by atoms with Crippen LogP contribution in [0.2, 0.25) is 0 Å². The fourth-order valence-corrected chi connectivity index (χ4v) is 4.24. The SMILES string of the molecule is COc1ccc2[se]c(-c3ccc([N+](=O)[O-])cc3)cc2c1. The fraction of sp³-hybridized carbons (Fsp3) is 0.0667. The van der Waals surface area contributed by atoms with Crippen LogP contribution in [0.1, 0.15) is 0 Å². The maximum atomic E-state index is 10.7. The molecule has 5 heteroatoms. The van der Waals surface area contributed by atoms with Gasteiger partial charge in [-0.05, 0) is 0 Å². The van der Waals surface area contributed by atoms with E-state index in [2.05, 4.69) is 12.1 Å². The fourth-order valence-electron chi connectivity index (χ4n) is 2.04. The van der Waals surface area contributed by atoms with Crippen LogP contribution < -0.4 is 4.74 Å². The van der Waals surface area contributed by atoms with E-state index in [1.807, 2.05) is 24.3 Å². The van der Waals surface area contributed by atoms with Crippen molar-refractivity contribution in [2.24, 2.45) is 0 Å². The number of ether oxygens (including phenoxy) is 1. The zero-order valence-corrected chi connectivity index (χ0v) is 12.4. The van der Waals surface area contributed by atoms with Crippen molar-refractivity contribution in [1.29, 1.82) is 0 Å². The first-order valence-corrected chi connectivity index (χ1v) is 7.71. The third-order valence-corrected chi connectivity index (χ3v) is 5.53. The van der Waals surface area contributed by atoms with Gasteiger partial charge in [0.05, 0.1) is 0 Å². The number of hydrogen-bond acceptors (Lipinski definition) is 3. The Hall–Kier alpha value is -2.10. The molecule has 3 aromatic rings. The van der Waals surface area contributed by atoms with Crippen molar-refractivity contribution >= 4 is 29.8 Å². The molecule has 0 bridgehead atoms. The summed E-state index contributed by atoms with van der Waals surface area (Å²) in [7, 11) is 1.66. The summed E-state index contributed by atoms with van der Waals surface area (Å²) in [4.78, 5) is 10.3. The standard InChI is InChI=1S/C15H11NO3Se/c1-19-13-6-7-14-11(8-13)9-15(20-14)10-2-4-12(5-3-10)16(17)18/h2-9H,1H3. The molecule has 0 radical (unpaired) electrons. The van der Waals surface area contributed by atoms with Crippen molar-refractivity contribution in [2.75, 3.05) is 7.11 Å². The predicted molar refractivity (Wildman–Crippen MR) is 79.5 cm³/mol. The molecule has 0 N–H and O–H groups in total. The molecular formula is C15H11NO3Se. The predicted octanol–water partition coefficient (Wildman–Crippen LogP) is 3.48. The Morgan fingerprint density at radius 1 is 1.10 bits per heavy atom. The molecule has 0 saturated carbocycles. The Labute approximate surface area is 121 Å². The molecule has 20 heavy (non-hydrogen) atoms. The molecule has 0 amide bonds. The number of fused-ring (bicyclic) bond motifs is 1. The Kier molecular flexibility index (Phi) is 3.30. The molecule has 0 saturated heterocycles. The number of nitro groups is 1. The van der Waals surface area contributed by atoms with Gasteiger partial charge in [-0.25, -0.2) is 0 Å². The Morgan fingerprint density at radius 3 is 2.50 bits per heavy atom. The molecular weight excluding hydrogens is 321 g/mol. The number of benzene rings is 2. The molecule has 100 valence electrons. The summed E-state index contributed by atoms with van der Waals surface area (Å²) in [5.41, 5.74) is 1.17. The van der Waals surface area contributed by atoms with Crippen molar-refractivity contribution in [3.05, 3.63) is 58.6 Å². The normalized spacial score (nSPS) is 10.7. The summed E-state index contributed by atoms with van der Waals surface area (Å²) in [6.07, 6.45) is 0. The van der Waals surface area contributed by atoms with Crippen molar-refractivity contribution in [3.8, 4) is 15.8 Å². The van der Waals surface area contributed by atoms with Gasteiger partial charge in [0, 0.05) is 0 Å². The first-order valence-electron chi connectivity index (χ1n) is 6.00. The van der Waals surface area contributed by atoms with Crippen LogP contribution in [0, 0.1) is 10.1 Å². The van der Waals surface area contributed by atoms with Gasteiger partial charge in [0.25, 0.3) is 0 Å². The van der Waals surface area contributed by atoms with E-state index in [1.54, 1.807) is 19.2 Å². The molecule has 0 aliphatic carbocycles. The van der Waals surface area contributed by atoms with Crippen LogP contribution >= 0.6 is 0 Å². The molecule has 0 aliphatic rings. The van der Waals surface area contributed by atoms with Crippen LogP contribution in [0.4, 0.5) is 5.69 Å². The molecule has 3 rings (SSSR count). The van der Waals surface area contributed by atoms with Crippen molar-refractivity contribution in [2.45, 2.75) is 0 Å². The van der Waals surface area contributed by atoms with E-state index < -0.39 is 0 Å². The minimum atomic E-state index is -0.377.